The number of urea groups is 1. The third-order valence-corrected chi connectivity index (χ3v) is 8.02. The molecule has 1 aliphatic heterocycles. The van der Waals surface area contributed by atoms with Gasteiger partial charge < -0.3 is 24.8 Å². The molecule has 2 aliphatic rings. The molecule has 0 bridgehead atoms. The SMILES string of the molecule is CN1CCN(CCn2cnc(-c3cc4nccc(Oc5ccc(NC(=O)NC6CC6)cc5F)c4s3)c2)CC1. The van der Waals surface area contributed by atoms with Gasteiger partial charge in [0.1, 0.15) is 5.75 Å². The van der Waals surface area contributed by atoms with Gasteiger partial charge in [0.25, 0.3) is 0 Å². The first kappa shape index (κ1) is 24.8. The molecule has 1 aromatic carbocycles. The van der Waals surface area contributed by atoms with E-state index in [1.807, 2.05) is 12.4 Å². The number of hydrogen-bond acceptors (Lipinski definition) is 7. The number of pyridine rings is 1. The van der Waals surface area contributed by atoms with Crippen LogP contribution in [0.3, 0.4) is 0 Å². The lowest BCUT2D eigenvalue weighted by Gasteiger charge is -2.32. The standard InChI is InChI=1S/C27H30FN7O2S/c1-33-8-10-34(11-9-33)12-13-35-16-22(30-17-35)25-15-21-26(38-25)24(6-7-29-21)37-23-5-4-19(14-20(23)28)32-27(36)31-18-2-3-18/h4-7,14-18H,2-3,8-13H2,1H3,(H2,31,32,36). The predicted octanol–water partition coefficient (Wildman–Crippen LogP) is 4.62. The number of nitrogens with one attached hydrogen (secondary N) is 2. The zero-order valence-corrected chi connectivity index (χ0v) is 22.0. The van der Waals surface area contributed by atoms with Crippen LogP contribution in [0.1, 0.15) is 12.8 Å². The summed E-state index contributed by atoms with van der Waals surface area (Å²) in [5.41, 5.74) is 2.02. The van der Waals surface area contributed by atoms with Crippen molar-refractivity contribution in [3.05, 3.63) is 54.9 Å². The number of rotatable bonds is 8. The number of piperazine rings is 1. The van der Waals surface area contributed by atoms with Crippen LogP contribution < -0.4 is 15.4 Å². The number of anilines is 1. The lowest BCUT2D eigenvalue weighted by Crippen LogP contribution is -2.45. The fourth-order valence-corrected chi connectivity index (χ4v) is 5.45. The van der Waals surface area contributed by atoms with Gasteiger partial charge in [-0.2, -0.15) is 0 Å². The molecule has 1 saturated carbocycles. The molecule has 1 aliphatic carbocycles. The van der Waals surface area contributed by atoms with Crippen molar-refractivity contribution in [2.75, 3.05) is 45.1 Å². The Kier molecular flexibility index (Phi) is 6.96. The number of carbonyl (C=O) groups excluding carboxylic acids is 1. The molecule has 0 atom stereocenters. The third kappa shape index (κ3) is 5.79. The highest BCUT2D eigenvalue weighted by atomic mass is 32.1. The first-order chi connectivity index (χ1) is 18.5. The van der Waals surface area contributed by atoms with Gasteiger partial charge in [0, 0.05) is 75.5 Å². The zero-order valence-electron chi connectivity index (χ0n) is 21.2. The van der Waals surface area contributed by atoms with Gasteiger partial charge in [0.05, 0.1) is 27.1 Å². The molecule has 0 spiro atoms. The Balaban J connectivity index is 1.13. The minimum Gasteiger partial charge on any atom is -0.453 e. The quantitative estimate of drug-likeness (QED) is 0.342. The van der Waals surface area contributed by atoms with Gasteiger partial charge in [-0.25, -0.2) is 14.2 Å². The van der Waals surface area contributed by atoms with E-state index in [0.29, 0.717) is 11.4 Å². The molecule has 4 heterocycles. The number of amides is 2. The second kappa shape index (κ2) is 10.7. The summed E-state index contributed by atoms with van der Waals surface area (Å²) in [6.45, 7) is 6.30. The van der Waals surface area contributed by atoms with Crippen molar-refractivity contribution < 1.29 is 13.9 Å². The van der Waals surface area contributed by atoms with Crippen molar-refractivity contribution in [2.45, 2.75) is 25.4 Å². The number of thiophene rings is 1. The summed E-state index contributed by atoms with van der Waals surface area (Å²) < 4.78 is 23.7. The van der Waals surface area contributed by atoms with E-state index in [9.17, 15) is 9.18 Å². The average molecular weight is 536 g/mol. The first-order valence-corrected chi connectivity index (χ1v) is 13.7. The number of fused-ring (bicyclic) bond motifs is 1. The number of likely N-dealkylation sites (N-methyl/N-ethyl adjacent to an activating group) is 1. The summed E-state index contributed by atoms with van der Waals surface area (Å²) in [6, 6.07) is 8.01. The fourth-order valence-electron chi connectivity index (χ4n) is 4.42. The van der Waals surface area contributed by atoms with E-state index < -0.39 is 5.82 Å². The number of benzene rings is 1. The summed E-state index contributed by atoms with van der Waals surface area (Å²) in [6.07, 6.45) is 7.55. The number of halogens is 1. The van der Waals surface area contributed by atoms with Gasteiger partial charge >= 0.3 is 6.03 Å². The van der Waals surface area contributed by atoms with E-state index in [4.69, 9.17) is 4.74 Å². The second-order valence-electron chi connectivity index (χ2n) is 9.90. The molecule has 2 amide bonds. The smallest absolute Gasteiger partial charge is 0.319 e. The molecule has 9 nitrogen and oxygen atoms in total. The number of nitrogens with zero attached hydrogens (tertiary/aromatic N) is 5. The van der Waals surface area contributed by atoms with Crippen molar-refractivity contribution in [3.8, 4) is 22.1 Å². The molecule has 1 saturated heterocycles. The van der Waals surface area contributed by atoms with Crippen molar-refractivity contribution in [1.29, 1.82) is 0 Å². The van der Waals surface area contributed by atoms with Crippen LogP contribution in [0.4, 0.5) is 14.9 Å². The molecule has 6 rings (SSSR count). The van der Waals surface area contributed by atoms with Crippen LogP contribution in [0.5, 0.6) is 11.5 Å². The molecule has 38 heavy (non-hydrogen) atoms. The minimum absolute atomic E-state index is 0.0776. The molecular weight excluding hydrogens is 505 g/mol. The highest BCUT2D eigenvalue weighted by Crippen LogP contribution is 2.39. The highest BCUT2D eigenvalue weighted by Gasteiger charge is 2.23. The lowest BCUT2D eigenvalue weighted by atomic mass is 10.3. The molecule has 3 aromatic heterocycles. The zero-order chi connectivity index (χ0) is 26.1. The number of carbonyl (C=O) groups is 1. The monoisotopic (exact) mass is 535 g/mol. The molecule has 2 N–H and O–H groups in total. The van der Waals surface area contributed by atoms with Crippen LogP contribution >= 0.6 is 11.3 Å². The van der Waals surface area contributed by atoms with E-state index in [1.165, 1.54) is 23.5 Å². The van der Waals surface area contributed by atoms with Crippen LogP contribution in [-0.4, -0.2) is 76.2 Å². The Labute approximate surface area is 224 Å². The number of hydrogen-bond donors (Lipinski definition) is 2. The highest BCUT2D eigenvalue weighted by molar-refractivity contribution is 7.22. The summed E-state index contributed by atoms with van der Waals surface area (Å²) in [4.78, 5) is 26.9. The van der Waals surface area contributed by atoms with Crippen molar-refractivity contribution in [2.24, 2.45) is 0 Å². The third-order valence-electron chi connectivity index (χ3n) is 6.85. The Morgan fingerprint density at radius 1 is 1.11 bits per heavy atom. The van der Waals surface area contributed by atoms with E-state index in [1.54, 1.807) is 18.3 Å². The van der Waals surface area contributed by atoms with Crippen LogP contribution in [0.15, 0.2) is 49.1 Å². The number of aromatic nitrogens is 3. The summed E-state index contributed by atoms with van der Waals surface area (Å²) >= 11 is 1.52. The topological polar surface area (TPSA) is 87.6 Å². The van der Waals surface area contributed by atoms with E-state index in [2.05, 4.69) is 48.2 Å². The molecule has 0 radical (unpaired) electrons. The fraction of sp³-hybridized carbons (Fsp3) is 0.370. The molecule has 11 heteroatoms. The lowest BCUT2D eigenvalue weighted by molar-refractivity contribution is 0.150. The van der Waals surface area contributed by atoms with Gasteiger partial charge in [-0.1, -0.05) is 0 Å². The minimum atomic E-state index is -0.560. The number of imidazole rings is 1. The van der Waals surface area contributed by atoms with Gasteiger partial charge in [-0.3, -0.25) is 9.88 Å². The summed E-state index contributed by atoms with van der Waals surface area (Å²) in [7, 11) is 2.16. The molecule has 2 fully saturated rings. The molecule has 198 valence electrons. The van der Waals surface area contributed by atoms with E-state index >= 15 is 0 Å². The average Bonchev–Trinajstić information content (AvgIpc) is 3.40. The van der Waals surface area contributed by atoms with Crippen molar-refractivity contribution in [1.82, 2.24) is 29.7 Å². The van der Waals surface area contributed by atoms with Crippen LogP contribution in [0.2, 0.25) is 0 Å². The van der Waals surface area contributed by atoms with Crippen LogP contribution in [-0.2, 0) is 6.54 Å². The maximum Gasteiger partial charge on any atom is 0.319 e. The Morgan fingerprint density at radius 2 is 1.95 bits per heavy atom. The maximum atomic E-state index is 14.8. The maximum absolute atomic E-state index is 14.8. The predicted molar refractivity (Wildman–Crippen MR) is 146 cm³/mol. The normalized spacial score (nSPS) is 16.6. The van der Waals surface area contributed by atoms with Gasteiger partial charge in [-0.05, 0) is 38.1 Å². The molecule has 0 unspecified atom stereocenters. The van der Waals surface area contributed by atoms with Gasteiger partial charge in [0.2, 0.25) is 0 Å². The van der Waals surface area contributed by atoms with Crippen molar-refractivity contribution >= 4 is 33.3 Å². The van der Waals surface area contributed by atoms with Crippen molar-refractivity contribution in [3.63, 3.8) is 0 Å². The van der Waals surface area contributed by atoms with Crippen LogP contribution in [0, 0.1) is 5.82 Å². The Bertz CT molecular complexity index is 1440. The van der Waals surface area contributed by atoms with Gasteiger partial charge in [0.15, 0.2) is 11.6 Å². The molecular formula is C27H30FN7O2S. The largest absolute Gasteiger partial charge is 0.453 e. The first-order valence-electron chi connectivity index (χ1n) is 12.9. The van der Waals surface area contributed by atoms with E-state index in [0.717, 1.165) is 72.9 Å². The summed E-state index contributed by atoms with van der Waals surface area (Å²) in [5.74, 6) is 0.0377. The molecule has 4 aromatic rings. The Morgan fingerprint density at radius 3 is 2.74 bits per heavy atom. The number of ether oxygens (including phenoxy) is 1. The Hall–Kier alpha value is -3.54. The van der Waals surface area contributed by atoms with Gasteiger partial charge in [-0.15, -0.1) is 11.3 Å². The van der Waals surface area contributed by atoms with Crippen LogP contribution in [0.25, 0.3) is 20.8 Å². The van der Waals surface area contributed by atoms with E-state index in [-0.39, 0.29) is 17.8 Å². The summed E-state index contributed by atoms with van der Waals surface area (Å²) in [5, 5.41) is 5.48. The second-order valence-corrected chi connectivity index (χ2v) is 10.9.